The molecule has 0 fully saturated rings. The molecule has 1 aliphatic rings. The lowest BCUT2D eigenvalue weighted by Gasteiger charge is -2.09. The van der Waals surface area contributed by atoms with Crippen molar-refractivity contribution in [2.75, 3.05) is 0 Å². The normalized spacial score (nSPS) is 16.2. The van der Waals surface area contributed by atoms with E-state index in [-0.39, 0.29) is 6.17 Å². The molecule has 0 aromatic heterocycles. The third-order valence-electron chi connectivity index (χ3n) is 2.57. The zero-order valence-electron chi connectivity index (χ0n) is 8.01. The molecule has 2 bridgehead atoms. The van der Waals surface area contributed by atoms with Crippen molar-refractivity contribution < 1.29 is 0 Å². The highest BCUT2D eigenvalue weighted by molar-refractivity contribution is 5.37. The van der Waals surface area contributed by atoms with Crippen LogP contribution in [-0.2, 0) is 19.4 Å². The average Bonchev–Trinajstić information content (AvgIpc) is 2.47. The molecular formula is C11H16N2. The summed E-state index contributed by atoms with van der Waals surface area (Å²) in [6.07, 6.45) is 2.50. The Hall–Kier alpha value is -0.860. The molecule has 0 heterocycles. The van der Waals surface area contributed by atoms with Crippen molar-refractivity contribution in [3.63, 3.8) is 0 Å². The third kappa shape index (κ3) is 1.90. The Morgan fingerprint density at radius 1 is 1.46 bits per heavy atom. The second-order valence-corrected chi connectivity index (χ2v) is 3.77. The maximum Gasteiger partial charge on any atom is 0.0519 e. The zero-order valence-corrected chi connectivity index (χ0v) is 8.01. The van der Waals surface area contributed by atoms with Gasteiger partial charge in [0.1, 0.15) is 0 Å². The Morgan fingerprint density at radius 2 is 2.31 bits per heavy atom. The van der Waals surface area contributed by atoms with Crippen LogP contribution in [0.25, 0.3) is 0 Å². The number of hydrogen-bond donors (Lipinski definition) is 2. The maximum absolute atomic E-state index is 5.63. The van der Waals surface area contributed by atoms with Gasteiger partial charge in [-0.2, -0.15) is 0 Å². The molecule has 1 atom stereocenters. The predicted molar refractivity (Wildman–Crippen MR) is 54.3 cm³/mol. The fourth-order valence-corrected chi connectivity index (χ4v) is 1.79. The van der Waals surface area contributed by atoms with Crippen molar-refractivity contribution in [1.82, 2.24) is 5.32 Å². The molecule has 70 valence electrons. The van der Waals surface area contributed by atoms with Crippen molar-refractivity contribution in [3.8, 4) is 0 Å². The molecule has 0 saturated heterocycles. The molecule has 13 heavy (non-hydrogen) atoms. The van der Waals surface area contributed by atoms with Gasteiger partial charge in [0.05, 0.1) is 6.17 Å². The Labute approximate surface area is 79.1 Å². The summed E-state index contributed by atoms with van der Waals surface area (Å²) < 4.78 is 0. The first-order valence-electron chi connectivity index (χ1n) is 4.85. The fourth-order valence-electron chi connectivity index (χ4n) is 1.79. The minimum atomic E-state index is 0.0771. The van der Waals surface area contributed by atoms with Crippen molar-refractivity contribution in [2.24, 2.45) is 5.73 Å². The van der Waals surface area contributed by atoms with Gasteiger partial charge in [-0.15, -0.1) is 0 Å². The fraction of sp³-hybridized carbons (Fsp3) is 0.455. The molecule has 1 aromatic carbocycles. The van der Waals surface area contributed by atoms with Crippen LogP contribution >= 0.6 is 0 Å². The Morgan fingerprint density at radius 3 is 3.08 bits per heavy atom. The molecule has 2 nitrogen and oxygen atoms in total. The van der Waals surface area contributed by atoms with E-state index in [1.807, 2.05) is 6.92 Å². The first-order chi connectivity index (χ1) is 6.25. The van der Waals surface area contributed by atoms with Gasteiger partial charge in [0.25, 0.3) is 0 Å². The van der Waals surface area contributed by atoms with Gasteiger partial charge in [-0.05, 0) is 36.5 Å². The van der Waals surface area contributed by atoms with Gasteiger partial charge >= 0.3 is 0 Å². The van der Waals surface area contributed by atoms with Crippen LogP contribution < -0.4 is 11.1 Å². The SMILES string of the molecule is CC(N)NCc1ccc2cc1CC2. The lowest BCUT2D eigenvalue weighted by atomic mass is 10.1. The van der Waals surface area contributed by atoms with Crippen LogP contribution in [0.1, 0.15) is 23.6 Å². The topological polar surface area (TPSA) is 38.0 Å². The molecule has 2 heteroatoms. The van der Waals surface area contributed by atoms with Crippen LogP contribution in [0.4, 0.5) is 0 Å². The van der Waals surface area contributed by atoms with Gasteiger partial charge < -0.3 is 5.73 Å². The molecule has 0 amide bonds. The number of aryl methyl sites for hydroxylation is 2. The summed E-state index contributed by atoms with van der Waals surface area (Å²) in [4.78, 5) is 0. The van der Waals surface area contributed by atoms with Gasteiger partial charge in [0.2, 0.25) is 0 Å². The van der Waals surface area contributed by atoms with Crippen molar-refractivity contribution in [1.29, 1.82) is 0 Å². The standard InChI is InChI=1S/C11H16N2/c1-8(12)13-7-11-5-3-9-2-4-10(11)6-9/h3,5-6,8,13H,2,4,7,12H2,1H3. The van der Waals surface area contributed by atoms with Crippen LogP contribution in [0, 0.1) is 0 Å². The minimum Gasteiger partial charge on any atom is -0.316 e. The molecule has 1 unspecified atom stereocenters. The van der Waals surface area contributed by atoms with E-state index >= 15 is 0 Å². The predicted octanol–water partition coefficient (Wildman–Crippen LogP) is 1.18. The van der Waals surface area contributed by atoms with E-state index in [2.05, 4.69) is 23.5 Å². The first kappa shape index (κ1) is 8.73. The summed E-state index contributed by atoms with van der Waals surface area (Å²) in [6.45, 7) is 2.86. The Kier molecular flexibility index (Phi) is 2.34. The van der Waals surface area contributed by atoms with Gasteiger partial charge in [-0.1, -0.05) is 18.2 Å². The Bertz CT molecular complexity index is 305. The Balaban J connectivity index is 2.07. The third-order valence-corrected chi connectivity index (χ3v) is 2.57. The molecule has 0 radical (unpaired) electrons. The number of nitrogens with two attached hydrogens (primary N) is 1. The molecular weight excluding hydrogens is 160 g/mol. The summed E-state index contributed by atoms with van der Waals surface area (Å²) in [5.41, 5.74) is 10.00. The summed E-state index contributed by atoms with van der Waals surface area (Å²) in [5, 5.41) is 3.24. The molecule has 0 spiro atoms. The van der Waals surface area contributed by atoms with Crippen molar-refractivity contribution in [3.05, 3.63) is 34.9 Å². The van der Waals surface area contributed by atoms with Crippen LogP contribution in [0.3, 0.4) is 0 Å². The second-order valence-electron chi connectivity index (χ2n) is 3.77. The molecule has 3 N–H and O–H groups in total. The summed E-state index contributed by atoms with van der Waals surface area (Å²) >= 11 is 0. The lowest BCUT2D eigenvalue weighted by Crippen LogP contribution is -2.33. The van der Waals surface area contributed by atoms with Gasteiger partial charge in [0, 0.05) is 6.54 Å². The van der Waals surface area contributed by atoms with E-state index in [4.69, 9.17) is 5.73 Å². The summed E-state index contributed by atoms with van der Waals surface area (Å²) in [7, 11) is 0. The van der Waals surface area contributed by atoms with E-state index in [1.165, 1.54) is 29.5 Å². The number of fused-ring (bicyclic) bond motifs is 2. The average molecular weight is 176 g/mol. The quantitative estimate of drug-likeness (QED) is 0.679. The summed E-state index contributed by atoms with van der Waals surface area (Å²) in [6, 6.07) is 6.74. The molecule has 1 aromatic rings. The van der Waals surface area contributed by atoms with Crippen molar-refractivity contribution >= 4 is 0 Å². The zero-order chi connectivity index (χ0) is 9.26. The van der Waals surface area contributed by atoms with E-state index < -0.39 is 0 Å². The molecule has 2 rings (SSSR count). The largest absolute Gasteiger partial charge is 0.316 e. The number of rotatable bonds is 3. The monoisotopic (exact) mass is 176 g/mol. The van der Waals surface area contributed by atoms with Crippen LogP contribution in [-0.4, -0.2) is 6.17 Å². The number of benzene rings is 1. The highest BCUT2D eigenvalue weighted by Gasteiger charge is 2.10. The van der Waals surface area contributed by atoms with Gasteiger partial charge in [-0.25, -0.2) is 0 Å². The smallest absolute Gasteiger partial charge is 0.0519 e. The van der Waals surface area contributed by atoms with Crippen LogP contribution in [0.2, 0.25) is 0 Å². The van der Waals surface area contributed by atoms with Crippen LogP contribution in [0.15, 0.2) is 18.2 Å². The molecule has 0 aliphatic heterocycles. The maximum atomic E-state index is 5.63. The summed E-state index contributed by atoms with van der Waals surface area (Å²) in [5.74, 6) is 0. The van der Waals surface area contributed by atoms with Gasteiger partial charge in [-0.3, -0.25) is 5.32 Å². The second kappa shape index (κ2) is 3.48. The highest BCUT2D eigenvalue weighted by atomic mass is 15.0. The van der Waals surface area contributed by atoms with Gasteiger partial charge in [0.15, 0.2) is 0 Å². The van der Waals surface area contributed by atoms with Crippen LogP contribution in [0.5, 0.6) is 0 Å². The number of hydrogen-bond acceptors (Lipinski definition) is 2. The molecule has 1 aliphatic carbocycles. The molecule has 0 saturated carbocycles. The first-order valence-corrected chi connectivity index (χ1v) is 4.85. The van der Waals surface area contributed by atoms with E-state index in [1.54, 1.807) is 0 Å². The van der Waals surface area contributed by atoms with E-state index in [0.717, 1.165) is 6.54 Å². The van der Waals surface area contributed by atoms with Crippen molar-refractivity contribution in [2.45, 2.75) is 32.5 Å². The lowest BCUT2D eigenvalue weighted by molar-refractivity contribution is 0.565. The van der Waals surface area contributed by atoms with E-state index in [0.29, 0.717) is 0 Å². The van der Waals surface area contributed by atoms with E-state index in [9.17, 15) is 0 Å². The number of nitrogens with one attached hydrogen (secondary N) is 1. The highest BCUT2D eigenvalue weighted by Crippen LogP contribution is 2.21. The minimum absolute atomic E-state index is 0.0771.